The lowest BCUT2D eigenvalue weighted by atomic mass is 10.2. The molecule has 0 spiro atoms. The van der Waals surface area contributed by atoms with Gasteiger partial charge in [0.25, 0.3) is 0 Å². The Hall–Kier alpha value is -0.550. The van der Waals surface area contributed by atoms with Crippen LogP contribution in [-0.2, 0) is 15.8 Å². The van der Waals surface area contributed by atoms with E-state index in [1.165, 1.54) is 5.56 Å². The van der Waals surface area contributed by atoms with Gasteiger partial charge in [0.2, 0.25) is 0 Å². The number of hydrogen-bond acceptors (Lipinski definition) is 4. The molecule has 1 aromatic rings. The zero-order chi connectivity index (χ0) is 9.94. The van der Waals surface area contributed by atoms with Gasteiger partial charge >= 0.3 is 0 Å². The lowest BCUT2D eigenvalue weighted by Gasteiger charge is -1.96. The first kappa shape index (κ1) is 15.9. The average Bonchev–Trinajstić information content (AvgIpc) is 2.21. The van der Waals surface area contributed by atoms with E-state index in [1.807, 2.05) is 6.07 Å². The fourth-order valence-corrected chi connectivity index (χ4v) is 0.797. The molecule has 0 unspecified atom stereocenters. The summed E-state index contributed by atoms with van der Waals surface area (Å²) >= 11 is 0.867. The Morgan fingerprint density at radius 2 is 1.86 bits per heavy atom. The molecular weight excluding hydrogens is 200 g/mol. The minimum Gasteiger partial charge on any atom is -0.691 e. The van der Waals surface area contributed by atoms with Gasteiger partial charge in [-0.05, 0) is 12.0 Å². The summed E-state index contributed by atoms with van der Waals surface area (Å²) in [6, 6.07) is 10.5. The Kier molecular flexibility index (Phi) is 14.1. The monoisotopic (exact) mass is 217 g/mol. The lowest BCUT2D eigenvalue weighted by Crippen LogP contribution is -2.00. The summed E-state index contributed by atoms with van der Waals surface area (Å²) in [6.07, 6.45) is 2.72. The third-order valence-corrected chi connectivity index (χ3v) is 1.54. The number of hydrogen-bond donors (Lipinski definition) is 0. The predicted octanol–water partition coefficient (Wildman–Crippen LogP) is 2.37. The van der Waals surface area contributed by atoms with Crippen LogP contribution >= 0.6 is 12.0 Å². The summed E-state index contributed by atoms with van der Waals surface area (Å²) < 4.78 is 3.69. The van der Waals surface area contributed by atoms with Crippen LogP contribution in [0.1, 0.15) is 19.9 Å². The molecule has 0 aliphatic rings. The molecule has 0 atom stereocenters. The van der Waals surface area contributed by atoms with Gasteiger partial charge in [0.1, 0.15) is 0 Å². The minimum absolute atomic E-state index is 0. The largest absolute Gasteiger partial charge is 0.691 e. The number of aryl methyl sites for hydroxylation is 1. The first-order valence-electron chi connectivity index (χ1n) is 3.88. The number of benzene rings is 1. The van der Waals surface area contributed by atoms with E-state index >= 15 is 0 Å². The molecule has 0 aliphatic carbocycles. The summed E-state index contributed by atoms with van der Waals surface area (Å²) in [7, 11) is 0. The second kappa shape index (κ2) is 12.4. The van der Waals surface area contributed by atoms with Gasteiger partial charge in [-0.1, -0.05) is 44.7 Å². The van der Waals surface area contributed by atoms with Crippen molar-refractivity contribution in [3.05, 3.63) is 35.9 Å². The fraction of sp³-hybridized carbons (Fsp3) is 0.400. The Bertz CT molecular complexity index is 190. The third kappa shape index (κ3) is 9.54. The predicted molar refractivity (Wildman–Crippen MR) is 58.2 cm³/mol. The highest BCUT2D eigenvalue weighted by atomic mass is 32.2. The lowest BCUT2D eigenvalue weighted by molar-refractivity contribution is -0.777. The molecule has 14 heavy (non-hydrogen) atoms. The fourth-order valence-electron chi connectivity index (χ4n) is 0.741. The maximum atomic E-state index is 8.79. The molecule has 0 saturated heterocycles. The van der Waals surface area contributed by atoms with Crippen LogP contribution < -0.4 is 5.26 Å². The SMILES string of the molecule is C.CCc1ccccc1.CSOO[O-]. The van der Waals surface area contributed by atoms with Crippen molar-refractivity contribution in [1.29, 1.82) is 0 Å². The van der Waals surface area contributed by atoms with Crippen LogP contribution in [0.5, 0.6) is 0 Å². The van der Waals surface area contributed by atoms with Gasteiger partial charge in [-0.3, -0.25) is 5.04 Å². The molecule has 0 saturated carbocycles. The van der Waals surface area contributed by atoms with E-state index in [0.717, 1.165) is 18.5 Å². The normalized spacial score (nSPS) is 8.21. The highest BCUT2D eigenvalue weighted by Gasteiger charge is 1.79. The molecule has 0 bridgehead atoms. The summed E-state index contributed by atoms with van der Waals surface area (Å²) in [5, 5.41) is 11.7. The topological polar surface area (TPSA) is 41.5 Å². The molecule has 0 N–H and O–H groups in total. The smallest absolute Gasteiger partial charge is 0.0271 e. The van der Waals surface area contributed by atoms with Crippen LogP contribution in [0.2, 0.25) is 0 Å². The van der Waals surface area contributed by atoms with E-state index in [9.17, 15) is 0 Å². The van der Waals surface area contributed by atoms with Gasteiger partial charge in [-0.25, -0.2) is 0 Å². The van der Waals surface area contributed by atoms with Crippen molar-refractivity contribution in [3.8, 4) is 0 Å². The molecule has 0 amide bonds. The molecule has 1 aromatic carbocycles. The highest BCUT2D eigenvalue weighted by Crippen LogP contribution is 1.96. The van der Waals surface area contributed by atoms with Crippen LogP contribution in [0.3, 0.4) is 0 Å². The van der Waals surface area contributed by atoms with Crippen LogP contribution in [0.4, 0.5) is 0 Å². The molecule has 82 valence electrons. The molecule has 0 fully saturated rings. The average molecular weight is 217 g/mol. The second-order valence-corrected chi connectivity index (χ2v) is 2.61. The van der Waals surface area contributed by atoms with Crippen molar-refractivity contribution < 1.29 is 14.6 Å². The molecule has 0 heterocycles. The molecule has 1 rings (SSSR count). The minimum atomic E-state index is 0. The van der Waals surface area contributed by atoms with E-state index in [4.69, 9.17) is 5.26 Å². The summed E-state index contributed by atoms with van der Waals surface area (Å²) in [6.45, 7) is 2.16. The van der Waals surface area contributed by atoms with E-state index in [1.54, 1.807) is 6.26 Å². The Morgan fingerprint density at radius 1 is 1.29 bits per heavy atom. The van der Waals surface area contributed by atoms with Crippen LogP contribution in [0.15, 0.2) is 30.3 Å². The quantitative estimate of drug-likeness (QED) is 0.443. The van der Waals surface area contributed by atoms with Gasteiger partial charge in [-0.2, -0.15) is 4.33 Å². The van der Waals surface area contributed by atoms with Crippen LogP contribution in [0, 0.1) is 0 Å². The molecule has 4 heteroatoms. The van der Waals surface area contributed by atoms with Crippen molar-refractivity contribution in [2.75, 3.05) is 6.26 Å². The summed E-state index contributed by atoms with van der Waals surface area (Å²) in [4.78, 5) is 0. The highest BCUT2D eigenvalue weighted by molar-refractivity contribution is 7.93. The summed E-state index contributed by atoms with van der Waals surface area (Å²) in [5.41, 5.74) is 1.41. The third-order valence-electron chi connectivity index (χ3n) is 1.35. The second-order valence-electron chi connectivity index (χ2n) is 2.14. The number of rotatable bonds is 3. The van der Waals surface area contributed by atoms with Gasteiger partial charge < -0.3 is 5.26 Å². The van der Waals surface area contributed by atoms with Gasteiger partial charge in [0.05, 0.1) is 0 Å². The maximum Gasteiger partial charge on any atom is 0.0271 e. The molecule has 0 aromatic heterocycles. The Labute approximate surface area is 90.1 Å². The Balaban J connectivity index is 0. The van der Waals surface area contributed by atoms with Gasteiger partial charge in [-0.15, -0.1) is 0 Å². The van der Waals surface area contributed by atoms with Crippen molar-refractivity contribution >= 4 is 12.0 Å². The van der Waals surface area contributed by atoms with Crippen molar-refractivity contribution in [2.24, 2.45) is 0 Å². The Morgan fingerprint density at radius 3 is 2.07 bits per heavy atom. The van der Waals surface area contributed by atoms with Crippen molar-refractivity contribution in [2.45, 2.75) is 20.8 Å². The first-order valence-corrected chi connectivity index (χ1v) is 5.03. The van der Waals surface area contributed by atoms with Gasteiger partial charge in [0.15, 0.2) is 0 Å². The first-order chi connectivity index (χ1) is 6.35. The zero-order valence-electron chi connectivity index (χ0n) is 7.73. The van der Waals surface area contributed by atoms with E-state index in [0.29, 0.717) is 0 Å². The van der Waals surface area contributed by atoms with Crippen molar-refractivity contribution in [1.82, 2.24) is 0 Å². The summed E-state index contributed by atoms with van der Waals surface area (Å²) in [5.74, 6) is 0. The van der Waals surface area contributed by atoms with E-state index in [-0.39, 0.29) is 7.43 Å². The maximum absolute atomic E-state index is 8.79. The molecule has 0 aliphatic heterocycles. The van der Waals surface area contributed by atoms with E-state index < -0.39 is 0 Å². The van der Waals surface area contributed by atoms with Gasteiger partial charge in [0, 0.05) is 18.3 Å². The standard InChI is InChI=1S/C8H10.CH4O3S.CH4/c1-2-8-6-4-3-5-7-8;1-5-4-3-2;/h3-7H,2H2,1H3;2H,1H3;1H4/p-1. The van der Waals surface area contributed by atoms with Crippen LogP contribution in [0.25, 0.3) is 0 Å². The van der Waals surface area contributed by atoms with Crippen LogP contribution in [-0.4, -0.2) is 6.26 Å². The van der Waals surface area contributed by atoms with Crippen molar-refractivity contribution in [3.63, 3.8) is 0 Å². The molecular formula is C10H17O3S-. The zero-order valence-corrected chi connectivity index (χ0v) is 8.54. The molecule has 3 nitrogen and oxygen atoms in total. The molecule has 0 radical (unpaired) electrons. The van der Waals surface area contributed by atoms with E-state index in [2.05, 4.69) is 40.6 Å².